The zero-order valence-electron chi connectivity index (χ0n) is 20.4. The van der Waals surface area contributed by atoms with E-state index in [2.05, 4.69) is 30.9 Å². The average Bonchev–Trinajstić information content (AvgIpc) is 3.33. The summed E-state index contributed by atoms with van der Waals surface area (Å²) in [6.45, 7) is 7.19. The van der Waals surface area contributed by atoms with E-state index in [-0.39, 0.29) is 6.10 Å². The standard InChI is InChI=1S/C27H43F2NO3/c1-18(15-30-11-9-23(16-30)33-17-26(28)29)24-7-8-25-20(4-3-10-27(24,25)2)6-5-19-12-21(31)14-22(32)13-19/h5-6,18,21-26,31-32H,3-4,7-17H2,1-2H3/b20-6+/t18?,21-,22-,23-,24-,25+,27-/m1/s1. The lowest BCUT2D eigenvalue weighted by molar-refractivity contribution is -0.0207. The quantitative estimate of drug-likeness (QED) is 0.556. The second kappa shape index (κ2) is 10.8. The number of halogens is 2. The van der Waals surface area contributed by atoms with Crippen molar-refractivity contribution in [3.8, 4) is 0 Å². The lowest BCUT2D eigenvalue weighted by Gasteiger charge is -2.45. The summed E-state index contributed by atoms with van der Waals surface area (Å²) < 4.78 is 30.3. The van der Waals surface area contributed by atoms with Gasteiger partial charge >= 0.3 is 0 Å². The largest absolute Gasteiger partial charge is 0.393 e. The van der Waals surface area contributed by atoms with Crippen LogP contribution < -0.4 is 0 Å². The van der Waals surface area contributed by atoms with Crippen LogP contribution in [-0.4, -0.2) is 66.1 Å². The van der Waals surface area contributed by atoms with Gasteiger partial charge in [-0.15, -0.1) is 0 Å². The molecule has 1 heterocycles. The molecule has 3 saturated carbocycles. The fourth-order valence-corrected chi connectivity index (χ4v) is 7.59. The Morgan fingerprint density at radius 2 is 1.91 bits per heavy atom. The fourth-order valence-electron chi connectivity index (χ4n) is 7.59. The third kappa shape index (κ3) is 6.06. The van der Waals surface area contributed by atoms with Gasteiger partial charge in [-0.05, 0) is 81.0 Å². The van der Waals surface area contributed by atoms with Gasteiger partial charge in [0.05, 0.1) is 18.3 Å². The number of nitrogens with zero attached hydrogens (tertiary/aromatic N) is 1. The van der Waals surface area contributed by atoms with E-state index in [4.69, 9.17) is 4.74 Å². The number of hydrogen-bond acceptors (Lipinski definition) is 4. The van der Waals surface area contributed by atoms with E-state index in [1.807, 2.05) is 0 Å². The van der Waals surface area contributed by atoms with E-state index in [1.54, 1.807) is 5.57 Å². The van der Waals surface area contributed by atoms with Gasteiger partial charge in [0.1, 0.15) is 6.61 Å². The number of hydrogen-bond donors (Lipinski definition) is 2. The lowest BCUT2D eigenvalue weighted by Crippen LogP contribution is -2.39. The van der Waals surface area contributed by atoms with E-state index in [9.17, 15) is 19.0 Å². The second-order valence-corrected chi connectivity index (χ2v) is 11.5. The minimum atomic E-state index is -2.38. The summed E-state index contributed by atoms with van der Waals surface area (Å²) in [5.74, 6) is 1.88. The molecule has 4 fully saturated rings. The molecule has 1 aliphatic heterocycles. The van der Waals surface area contributed by atoms with Gasteiger partial charge in [0.2, 0.25) is 0 Å². The topological polar surface area (TPSA) is 52.9 Å². The maximum absolute atomic E-state index is 12.5. The van der Waals surface area contributed by atoms with Crippen LogP contribution in [0.5, 0.6) is 0 Å². The van der Waals surface area contributed by atoms with Crippen molar-refractivity contribution >= 4 is 0 Å². The predicted octanol–water partition coefficient (Wildman–Crippen LogP) is 4.95. The molecule has 3 aliphatic carbocycles. The number of aliphatic hydroxyl groups is 2. The number of likely N-dealkylation sites (tertiary alicyclic amines) is 1. The Hall–Kier alpha value is -0.820. The van der Waals surface area contributed by atoms with Crippen LogP contribution in [-0.2, 0) is 4.74 Å². The van der Waals surface area contributed by atoms with Crippen LogP contribution in [0.15, 0.2) is 23.3 Å². The van der Waals surface area contributed by atoms with Crippen LogP contribution >= 0.6 is 0 Å². The second-order valence-electron chi connectivity index (χ2n) is 11.5. The van der Waals surface area contributed by atoms with Gasteiger partial charge < -0.3 is 19.8 Å². The van der Waals surface area contributed by atoms with Crippen molar-refractivity contribution in [2.45, 2.75) is 96.4 Å². The number of alkyl halides is 2. The molecule has 0 aromatic rings. The third-order valence-electron chi connectivity index (χ3n) is 9.03. The van der Waals surface area contributed by atoms with E-state index < -0.39 is 25.2 Å². The monoisotopic (exact) mass is 467 g/mol. The molecule has 7 atom stereocenters. The summed E-state index contributed by atoms with van der Waals surface area (Å²) in [7, 11) is 0. The summed E-state index contributed by atoms with van der Waals surface area (Å²) in [6, 6.07) is 0. The van der Waals surface area contributed by atoms with E-state index in [0.29, 0.717) is 42.4 Å². The highest BCUT2D eigenvalue weighted by Crippen LogP contribution is 2.59. The highest BCUT2D eigenvalue weighted by Gasteiger charge is 2.50. The number of rotatable bonds is 7. The molecule has 1 unspecified atom stereocenters. The number of ether oxygens (including phenoxy) is 1. The SMILES string of the molecule is CC(CN1CC[C@@H](OCC(F)F)C1)[C@H]1CC[C@H]2/C(=C/C=C3C[C@@H](O)C[C@H](O)C3)CCC[C@]12C. The Kier molecular flexibility index (Phi) is 8.31. The summed E-state index contributed by atoms with van der Waals surface area (Å²) in [6.07, 6.45) is 10.1. The molecule has 0 bridgehead atoms. The molecule has 0 aromatic carbocycles. The molecule has 0 aromatic heterocycles. The van der Waals surface area contributed by atoms with Crippen molar-refractivity contribution in [1.82, 2.24) is 4.90 Å². The fraction of sp³-hybridized carbons (Fsp3) is 0.852. The smallest absolute Gasteiger partial charge is 0.261 e. The first-order valence-corrected chi connectivity index (χ1v) is 13.1. The van der Waals surface area contributed by atoms with Gasteiger partial charge in [-0.1, -0.05) is 37.1 Å². The average molecular weight is 468 g/mol. The van der Waals surface area contributed by atoms with E-state index in [0.717, 1.165) is 32.5 Å². The zero-order valence-corrected chi connectivity index (χ0v) is 20.4. The molecule has 0 spiro atoms. The van der Waals surface area contributed by atoms with Crippen molar-refractivity contribution in [2.75, 3.05) is 26.2 Å². The van der Waals surface area contributed by atoms with Gasteiger partial charge in [0.15, 0.2) is 0 Å². The van der Waals surface area contributed by atoms with Crippen LogP contribution in [0.4, 0.5) is 8.78 Å². The highest BCUT2D eigenvalue weighted by atomic mass is 19.3. The number of allylic oxidation sites excluding steroid dienone is 3. The van der Waals surface area contributed by atoms with Gasteiger partial charge in [-0.25, -0.2) is 8.78 Å². The Labute approximate surface area is 198 Å². The molecule has 4 nitrogen and oxygen atoms in total. The molecule has 0 amide bonds. The molecule has 2 N–H and O–H groups in total. The maximum Gasteiger partial charge on any atom is 0.261 e. The maximum atomic E-state index is 12.5. The van der Waals surface area contributed by atoms with Crippen LogP contribution in [0, 0.1) is 23.2 Å². The van der Waals surface area contributed by atoms with E-state index in [1.165, 1.54) is 31.3 Å². The van der Waals surface area contributed by atoms with Crippen LogP contribution in [0.2, 0.25) is 0 Å². The Morgan fingerprint density at radius 1 is 1.15 bits per heavy atom. The molecule has 4 rings (SSSR count). The lowest BCUT2D eigenvalue weighted by atomic mass is 9.61. The first-order valence-electron chi connectivity index (χ1n) is 13.1. The predicted molar refractivity (Wildman–Crippen MR) is 126 cm³/mol. The summed E-state index contributed by atoms with van der Waals surface area (Å²) in [5.41, 5.74) is 3.04. The Bertz CT molecular complexity index is 714. The molecule has 0 radical (unpaired) electrons. The van der Waals surface area contributed by atoms with Crippen LogP contribution in [0.1, 0.15) is 71.6 Å². The molecule has 6 heteroatoms. The third-order valence-corrected chi connectivity index (χ3v) is 9.03. The van der Waals surface area contributed by atoms with Crippen LogP contribution in [0.25, 0.3) is 0 Å². The highest BCUT2D eigenvalue weighted by molar-refractivity contribution is 5.26. The molecule has 1 saturated heterocycles. The van der Waals surface area contributed by atoms with Crippen molar-refractivity contribution in [3.63, 3.8) is 0 Å². The molecular formula is C27H43F2NO3. The first-order chi connectivity index (χ1) is 15.7. The Morgan fingerprint density at radius 3 is 2.64 bits per heavy atom. The minimum Gasteiger partial charge on any atom is -0.393 e. The van der Waals surface area contributed by atoms with Crippen molar-refractivity contribution in [3.05, 3.63) is 23.3 Å². The number of fused-ring (bicyclic) bond motifs is 1. The normalized spacial score (nSPS) is 39.9. The Balaban J connectivity index is 1.36. The molecule has 4 aliphatic rings. The van der Waals surface area contributed by atoms with Crippen molar-refractivity contribution in [2.24, 2.45) is 23.2 Å². The summed E-state index contributed by atoms with van der Waals surface area (Å²) >= 11 is 0. The molecule has 188 valence electrons. The summed E-state index contributed by atoms with van der Waals surface area (Å²) in [5, 5.41) is 20.0. The van der Waals surface area contributed by atoms with Gasteiger partial charge in [-0.2, -0.15) is 0 Å². The zero-order chi connectivity index (χ0) is 23.6. The van der Waals surface area contributed by atoms with Gasteiger partial charge in [0.25, 0.3) is 6.43 Å². The number of aliphatic hydroxyl groups excluding tert-OH is 2. The van der Waals surface area contributed by atoms with E-state index >= 15 is 0 Å². The molecule has 33 heavy (non-hydrogen) atoms. The van der Waals surface area contributed by atoms with Gasteiger partial charge in [-0.3, -0.25) is 0 Å². The molecular weight excluding hydrogens is 424 g/mol. The van der Waals surface area contributed by atoms with Crippen molar-refractivity contribution in [1.29, 1.82) is 0 Å². The van der Waals surface area contributed by atoms with Gasteiger partial charge in [0, 0.05) is 19.6 Å². The van der Waals surface area contributed by atoms with Crippen LogP contribution in [0.3, 0.4) is 0 Å². The first kappa shape index (κ1) is 25.3. The minimum absolute atomic E-state index is 0.0489. The van der Waals surface area contributed by atoms with Crippen molar-refractivity contribution < 1.29 is 23.7 Å². The summed E-state index contributed by atoms with van der Waals surface area (Å²) in [4.78, 5) is 2.42.